The van der Waals surface area contributed by atoms with Crippen molar-refractivity contribution in [3.63, 3.8) is 0 Å². The molecule has 0 spiro atoms. The third kappa shape index (κ3) is 4.87. The minimum atomic E-state index is -4.51. The number of hydrogen-bond donors (Lipinski definition) is 1. The Labute approximate surface area is 210 Å². The number of amides is 1. The third-order valence-electron chi connectivity index (χ3n) is 6.82. The highest BCUT2D eigenvalue weighted by Gasteiger charge is 2.39. The maximum absolute atomic E-state index is 14.8. The zero-order valence-electron chi connectivity index (χ0n) is 20.2. The molecule has 37 heavy (non-hydrogen) atoms. The molecule has 1 saturated carbocycles. The molecule has 1 aliphatic heterocycles. The van der Waals surface area contributed by atoms with Crippen molar-refractivity contribution in [1.29, 1.82) is 0 Å². The van der Waals surface area contributed by atoms with Crippen LogP contribution in [0, 0.1) is 12.7 Å². The molecular formula is C25H25F4N7O. The van der Waals surface area contributed by atoms with Crippen molar-refractivity contribution in [2.24, 2.45) is 0 Å². The second-order valence-electron chi connectivity index (χ2n) is 9.27. The number of nitrogens with zero attached hydrogens (tertiary/aromatic N) is 6. The van der Waals surface area contributed by atoms with E-state index in [9.17, 15) is 22.4 Å². The topological polar surface area (TPSA) is 79.2 Å². The van der Waals surface area contributed by atoms with Crippen LogP contribution in [0.4, 0.5) is 29.1 Å². The van der Waals surface area contributed by atoms with Gasteiger partial charge in [-0.25, -0.2) is 9.37 Å². The normalized spacial score (nSPS) is 16.7. The van der Waals surface area contributed by atoms with Crippen molar-refractivity contribution in [3.8, 4) is 11.5 Å². The molecule has 2 aromatic heterocycles. The summed E-state index contributed by atoms with van der Waals surface area (Å²) >= 11 is 0. The van der Waals surface area contributed by atoms with Crippen LogP contribution in [0.5, 0.6) is 0 Å². The molecule has 1 fully saturated rings. The first-order valence-electron chi connectivity index (χ1n) is 11.9. The lowest BCUT2D eigenvalue weighted by atomic mass is 9.92. The van der Waals surface area contributed by atoms with Crippen molar-refractivity contribution >= 4 is 17.4 Å². The number of pyridine rings is 1. The molecule has 12 heteroatoms. The predicted molar refractivity (Wildman–Crippen MR) is 129 cm³/mol. The summed E-state index contributed by atoms with van der Waals surface area (Å²) in [5.74, 6) is -1.49. The molecule has 5 rings (SSSR count). The highest BCUT2D eigenvalue weighted by atomic mass is 19.4. The van der Waals surface area contributed by atoms with Crippen molar-refractivity contribution in [3.05, 3.63) is 66.0 Å². The van der Waals surface area contributed by atoms with E-state index >= 15 is 0 Å². The molecule has 1 unspecified atom stereocenters. The van der Waals surface area contributed by atoms with Gasteiger partial charge in [-0.3, -0.25) is 4.79 Å². The van der Waals surface area contributed by atoms with E-state index < -0.39 is 23.9 Å². The zero-order valence-corrected chi connectivity index (χ0v) is 20.2. The number of hydrogen-bond acceptors (Lipinski definition) is 6. The Morgan fingerprint density at radius 1 is 1.19 bits per heavy atom. The molecule has 0 radical (unpaired) electrons. The van der Waals surface area contributed by atoms with E-state index in [2.05, 4.69) is 25.4 Å². The second-order valence-corrected chi connectivity index (χ2v) is 9.27. The molecule has 8 nitrogen and oxygen atoms in total. The Morgan fingerprint density at radius 2 is 1.97 bits per heavy atom. The number of halogens is 4. The van der Waals surface area contributed by atoms with E-state index in [1.165, 1.54) is 36.8 Å². The smallest absolute Gasteiger partial charge is 0.355 e. The Kier molecular flexibility index (Phi) is 6.34. The third-order valence-corrected chi connectivity index (χ3v) is 6.82. The fourth-order valence-corrected chi connectivity index (χ4v) is 4.37. The van der Waals surface area contributed by atoms with Gasteiger partial charge in [0.05, 0.1) is 12.2 Å². The molecule has 3 aromatic rings. The van der Waals surface area contributed by atoms with Crippen LogP contribution in [0.3, 0.4) is 0 Å². The second kappa shape index (κ2) is 9.49. The Hall–Kier alpha value is -3.96. The highest BCUT2D eigenvalue weighted by Crippen LogP contribution is 2.33. The monoisotopic (exact) mass is 515 g/mol. The SMILES string of the molecule is Cc1cc(F)c(C(=O)Nc2cccc(-c3nncn3C(C)C(F)(F)F)n2)cc1N1C=CN(C2CCC2)C1. The summed E-state index contributed by atoms with van der Waals surface area (Å²) in [5, 5.41) is 9.90. The molecular weight excluding hydrogens is 490 g/mol. The van der Waals surface area contributed by atoms with Crippen molar-refractivity contribution in [2.45, 2.75) is 51.4 Å². The minimum absolute atomic E-state index is 0.0375. The largest absolute Gasteiger partial charge is 0.408 e. The first-order valence-corrected chi connectivity index (χ1v) is 11.9. The Bertz CT molecular complexity index is 1350. The van der Waals surface area contributed by atoms with E-state index in [0.717, 1.165) is 30.7 Å². The number of anilines is 2. The summed E-state index contributed by atoms with van der Waals surface area (Å²) in [6, 6.07) is 5.87. The van der Waals surface area contributed by atoms with Crippen LogP contribution in [0.15, 0.2) is 49.1 Å². The maximum atomic E-state index is 14.8. The Balaban J connectivity index is 1.36. The van der Waals surface area contributed by atoms with Crippen LogP contribution in [0.25, 0.3) is 11.5 Å². The molecule has 3 heterocycles. The van der Waals surface area contributed by atoms with Crippen molar-refractivity contribution in [2.75, 3.05) is 16.9 Å². The summed E-state index contributed by atoms with van der Waals surface area (Å²) in [5.41, 5.74) is 1.31. The van der Waals surface area contributed by atoms with Gasteiger partial charge in [0.15, 0.2) is 5.82 Å². The van der Waals surface area contributed by atoms with Crippen LogP contribution in [0.1, 0.15) is 48.1 Å². The highest BCUT2D eigenvalue weighted by molar-refractivity contribution is 6.04. The van der Waals surface area contributed by atoms with E-state index in [-0.39, 0.29) is 22.9 Å². The number of aromatic nitrogens is 4. The van der Waals surface area contributed by atoms with Gasteiger partial charge in [0.25, 0.3) is 5.91 Å². The number of benzene rings is 1. The van der Waals surface area contributed by atoms with E-state index in [0.29, 0.717) is 24.0 Å². The minimum Gasteiger partial charge on any atom is -0.355 e. The van der Waals surface area contributed by atoms with Gasteiger partial charge in [-0.2, -0.15) is 13.2 Å². The van der Waals surface area contributed by atoms with Gasteiger partial charge in [0.2, 0.25) is 0 Å². The number of alkyl halides is 3. The van der Waals surface area contributed by atoms with E-state index in [1.54, 1.807) is 6.92 Å². The maximum Gasteiger partial charge on any atom is 0.408 e. The fraction of sp³-hybridized carbons (Fsp3) is 0.360. The molecule has 2 aliphatic rings. The molecule has 194 valence electrons. The van der Waals surface area contributed by atoms with Crippen LogP contribution in [-0.2, 0) is 0 Å². The zero-order chi connectivity index (χ0) is 26.3. The summed E-state index contributed by atoms with van der Waals surface area (Å²) in [6.45, 7) is 3.39. The van der Waals surface area contributed by atoms with Crippen LogP contribution < -0.4 is 10.2 Å². The van der Waals surface area contributed by atoms with Crippen LogP contribution >= 0.6 is 0 Å². The van der Waals surface area contributed by atoms with E-state index in [1.807, 2.05) is 17.3 Å². The fourth-order valence-electron chi connectivity index (χ4n) is 4.37. The van der Waals surface area contributed by atoms with Crippen LogP contribution in [0.2, 0.25) is 0 Å². The molecule has 0 bridgehead atoms. The van der Waals surface area contributed by atoms with E-state index in [4.69, 9.17) is 0 Å². The molecule has 1 aliphatic carbocycles. The van der Waals surface area contributed by atoms with Gasteiger partial charge in [0, 0.05) is 24.1 Å². The summed E-state index contributed by atoms with van der Waals surface area (Å²) in [4.78, 5) is 21.5. The first kappa shape index (κ1) is 24.7. The van der Waals surface area contributed by atoms with Gasteiger partial charge >= 0.3 is 6.18 Å². The number of rotatable bonds is 6. The van der Waals surface area contributed by atoms with Gasteiger partial charge in [-0.05, 0) is 62.9 Å². The van der Waals surface area contributed by atoms with Crippen molar-refractivity contribution in [1.82, 2.24) is 24.6 Å². The van der Waals surface area contributed by atoms with Gasteiger partial charge in [-0.15, -0.1) is 10.2 Å². The lowest BCUT2D eigenvalue weighted by molar-refractivity contribution is -0.162. The van der Waals surface area contributed by atoms with Crippen molar-refractivity contribution < 1.29 is 22.4 Å². The number of carbonyl (C=O) groups is 1. The average Bonchev–Trinajstić information content (AvgIpc) is 3.47. The Morgan fingerprint density at radius 3 is 2.68 bits per heavy atom. The van der Waals surface area contributed by atoms with Gasteiger partial charge in [0.1, 0.15) is 29.7 Å². The summed E-state index contributed by atoms with van der Waals surface area (Å²) in [6.07, 6.45) is 3.90. The number of carbonyl (C=O) groups excluding carboxylic acids is 1. The van der Waals surface area contributed by atoms with Gasteiger partial charge < -0.3 is 19.7 Å². The molecule has 1 N–H and O–H groups in total. The van der Waals surface area contributed by atoms with Gasteiger partial charge in [-0.1, -0.05) is 6.07 Å². The lowest BCUT2D eigenvalue weighted by Crippen LogP contribution is -2.38. The molecule has 1 atom stereocenters. The van der Waals surface area contributed by atoms with Crippen LogP contribution in [-0.4, -0.2) is 49.4 Å². The molecule has 1 aromatic carbocycles. The summed E-state index contributed by atoms with van der Waals surface area (Å²) < 4.78 is 55.4. The lowest BCUT2D eigenvalue weighted by Gasteiger charge is -2.35. The quantitative estimate of drug-likeness (QED) is 0.451. The average molecular weight is 516 g/mol. The standard InChI is InChI=1S/C25H25F4N7O/c1-15-11-19(26)18(12-21(15)35-10-9-34(14-35)17-5-3-6-17)24(37)32-22-8-4-7-20(31-22)23-33-30-13-36(23)16(2)25(27,28)29/h4,7-13,16-17H,3,5-6,14H2,1-2H3,(H,31,32,37). The number of nitrogens with one attached hydrogen (secondary N) is 1. The summed E-state index contributed by atoms with van der Waals surface area (Å²) in [7, 11) is 0. The first-order chi connectivity index (χ1) is 17.6. The predicted octanol–water partition coefficient (Wildman–Crippen LogP) is 5.27. The molecule has 0 saturated heterocycles. The molecule has 1 amide bonds. The number of aryl methyl sites for hydroxylation is 1.